The van der Waals surface area contributed by atoms with E-state index in [-0.39, 0.29) is 12.0 Å². The number of aryl methyl sites for hydroxylation is 1. The monoisotopic (exact) mass is 251 g/mol. The topological polar surface area (TPSA) is 47.4 Å². The third-order valence-corrected chi connectivity index (χ3v) is 3.66. The van der Waals surface area contributed by atoms with Gasteiger partial charge in [-0.05, 0) is 25.5 Å². The lowest BCUT2D eigenvalue weighted by molar-refractivity contribution is -0.148. The highest BCUT2D eigenvalue weighted by molar-refractivity contribution is 5.75. The van der Waals surface area contributed by atoms with Crippen LogP contribution < -0.4 is 0 Å². The minimum atomic E-state index is -0.0975. The zero-order chi connectivity index (χ0) is 13.0. The van der Waals surface area contributed by atoms with Crippen LogP contribution in [-0.2, 0) is 23.0 Å². The highest BCUT2D eigenvalue weighted by atomic mass is 16.5. The van der Waals surface area contributed by atoms with E-state index in [1.54, 1.807) is 0 Å². The summed E-state index contributed by atoms with van der Waals surface area (Å²) in [5.74, 6) is -0.0975. The van der Waals surface area contributed by atoms with Crippen molar-refractivity contribution in [3.05, 3.63) is 18.0 Å². The van der Waals surface area contributed by atoms with Crippen LogP contribution in [0.2, 0.25) is 0 Å². The maximum absolute atomic E-state index is 11.7. The van der Waals surface area contributed by atoms with Crippen LogP contribution in [0.3, 0.4) is 0 Å². The maximum atomic E-state index is 11.7. The average Bonchev–Trinajstić information content (AvgIpc) is 2.81. The van der Waals surface area contributed by atoms with Crippen LogP contribution in [-0.4, -0.2) is 46.9 Å². The molecular weight excluding hydrogens is 230 g/mol. The van der Waals surface area contributed by atoms with Crippen LogP contribution in [0.1, 0.15) is 25.0 Å². The SMILES string of the molecule is COC(=O)C1CCCCN1CCc1ccnn1C. The van der Waals surface area contributed by atoms with Crippen molar-refractivity contribution in [1.29, 1.82) is 0 Å². The molecule has 1 atom stereocenters. The number of hydrogen-bond donors (Lipinski definition) is 0. The molecule has 0 saturated carbocycles. The first-order valence-electron chi connectivity index (χ1n) is 6.51. The van der Waals surface area contributed by atoms with E-state index in [9.17, 15) is 4.79 Å². The van der Waals surface area contributed by atoms with E-state index in [4.69, 9.17) is 4.74 Å². The molecule has 1 aromatic heterocycles. The van der Waals surface area contributed by atoms with Crippen molar-refractivity contribution in [2.45, 2.75) is 31.7 Å². The fourth-order valence-corrected chi connectivity index (χ4v) is 2.57. The molecule has 2 rings (SSSR count). The number of esters is 1. The molecule has 1 aromatic rings. The lowest BCUT2D eigenvalue weighted by atomic mass is 10.0. The third-order valence-electron chi connectivity index (χ3n) is 3.66. The fourth-order valence-electron chi connectivity index (χ4n) is 2.57. The highest BCUT2D eigenvalue weighted by Gasteiger charge is 2.28. The Morgan fingerprint density at radius 1 is 1.56 bits per heavy atom. The Labute approximate surface area is 108 Å². The highest BCUT2D eigenvalue weighted by Crippen LogP contribution is 2.18. The molecule has 0 N–H and O–H groups in total. The van der Waals surface area contributed by atoms with Gasteiger partial charge in [0.1, 0.15) is 6.04 Å². The van der Waals surface area contributed by atoms with E-state index in [0.717, 1.165) is 32.4 Å². The Hall–Kier alpha value is -1.36. The van der Waals surface area contributed by atoms with Gasteiger partial charge < -0.3 is 4.74 Å². The molecule has 0 aromatic carbocycles. The number of likely N-dealkylation sites (tertiary alicyclic amines) is 1. The largest absolute Gasteiger partial charge is 0.468 e. The number of nitrogens with zero attached hydrogens (tertiary/aromatic N) is 3. The van der Waals surface area contributed by atoms with Crippen LogP contribution in [0, 0.1) is 0 Å². The summed E-state index contributed by atoms with van der Waals surface area (Å²) in [7, 11) is 3.42. The summed E-state index contributed by atoms with van der Waals surface area (Å²) >= 11 is 0. The molecule has 5 heteroatoms. The predicted molar refractivity (Wildman–Crippen MR) is 68.1 cm³/mol. The van der Waals surface area contributed by atoms with Crippen molar-refractivity contribution in [2.75, 3.05) is 20.2 Å². The van der Waals surface area contributed by atoms with Gasteiger partial charge in [0.25, 0.3) is 0 Å². The van der Waals surface area contributed by atoms with Gasteiger partial charge in [0.05, 0.1) is 7.11 Å². The first kappa shape index (κ1) is 13.1. The summed E-state index contributed by atoms with van der Waals surface area (Å²) in [5, 5.41) is 4.16. The predicted octanol–water partition coefficient (Wildman–Crippen LogP) is 0.990. The number of rotatable bonds is 4. The van der Waals surface area contributed by atoms with Gasteiger partial charge in [0.15, 0.2) is 0 Å². The van der Waals surface area contributed by atoms with Gasteiger partial charge >= 0.3 is 5.97 Å². The summed E-state index contributed by atoms with van der Waals surface area (Å²) in [4.78, 5) is 14.0. The van der Waals surface area contributed by atoms with Gasteiger partial charge in [-0.25, -0.2) is 0 Å². The van der Waals surface area contributed by atoms with Gasteiger partial charge in [-0.3, -0.25) is 14.4 Å². The van der Waals surface area contributed by atoms with Crippen LogP contribution in [0.15, 0.2) is 12.3 Å². The minimum absolute atomic E-state index is 0.0584. The number of carbonyl (C=O) groups excluding carboxylic acids is 1. The molecular formula is C13H21N3O2. The van der Waals surface area contributed by atoms with Crippen LogP contribution in [0.4, 0.5) is 0 Å². The van der Waals surface area contributed by atoms with Crippen LogP contribution in [0.5, 0.6) is 0 Å². The first-order chi connectivity index (χ1) is 8.72. The number of piperidine rings is 1. The molecule has 1 aliphatic rings. The average molecular weight is 251 g/mol. The molecule has 100 valence electrons. The molecule has 1 fully saturated rings. The molecule has 5 nitrogen and oxygen atoms in total. The van der Waals surface area contributed by atoms with Crippen molar-refractivity contribution < 1.29 is 9.53 Å². The Kier molecular flexibility index (Phi) is 4.36. The Balaban J connectivity index is 1.93. The number of ether oxygens (including phenoxy) is 1. The van der Waals surface area contributed by atoms with Crippen molar-refractivity contribution in [2.24, 2.45) is 7.05 Å². The smallest absolute Gasteiger partial charge is 0.323 e. The standard InChI is InChI=1S/C13H21N3O2/c1-15-11(6-8-14-15)7-10-16-9-4-3-5-12(16)13(17)18-2/h6,8,12H,3-5,7,9-10H2,1-2H3. The minimum Gasteiger partial charge on any atom is -0.468 e. The molecule has 1 aliphatic heterocycles. The number of carbonyl (C=O) groups is 1. The van der Waals surface area contributed by atoms with E-state index in [1.807, 2.05) is 24.0 Å². The molecule has 0 radical (unpaired) electrons. The lowest BCUT2D eigenvalue weighted by Crippen LogP contribution is -2.46. The summed E-state index contributed by atoms with van der Waals surface area (Å²) in [5.41, 5.74) is 1.20. The second-order valence-electron chi connectivity index (χ2n) is 4.77. The molecule has 1 unspecified atom stereocenters. The molecule has 1 saturated heterocycles. The first-order valence-corrected chi connectivity index (χ1v) is 6.51. The molecule has 18 heavy (non-hydrogen) atoms. The van der Waals surface area contributed by atoms with E-state index in [0.29, 0.717) is 0 Å². The molecule has 0 bridgehead atoms. The Bertz CT molecular complexity index is 403. The van der Waals surface area contributed by atoms with E-state index in [2.05, 4.69) is 10.00 Å². The number of aromatic nitrogens is 2. The molecule has 0 amide bonds. The van der Waals surface area contributed by atoms with Crippen molar-refractivity contribution in [3.8, 4) is 0 Å². The van der Waals surface area contributed by atoms with Crippen molar-refractivity contribution >= 4 is 5.97 Å². The summed E-state index contributed by atoms with van der Waals surface area (Å²) in [6.45, 7) is 1.87. The summed E-state index contributed by atoms with van der Waals surface area (Å²) in [6, 6.07) is 1.97. The molecule has 0 spiro atoms. The Morgan fingerprint density at radius 3 is 3.06 bits per heavy atom. The van der Waals surface area contributed by atoms with Gasteiger partial charge in [-0.1, -0.05) is 6.42 Å². The number of methoxy groups -OCH3 is 1. The van der Waals surface area contributed by atoms with Crippen LogP contribution >= 0.6 is 0 Å². The van der Waals surface area contributed by atoms with Gasteiger partial charge in [-0.15, -0.1) is 0 Å². The van der Waals surface area contributed by atoms with Gasteiger partial charge in [0, 0.05) is 31.9 Å². The second-order valence-corrected chi connectivity index (χ2v) is 4.77. The van der Waals surface area contributed by atoms with Crippen molar-refractivity contribution in [3.63, 3.8) is 0 Å². The number of hydrogen-bond acceptors (Lipinski definition) is 4. The summed E-state index contributed by atoms with van der Waals surface area (Å²) in [6.07, 6.45) is 5.92. The molecule has 2 heterocycles. The van der Waals surface area contributed by atoms with Crippen LogP contribution in [0.25, 0.3) is 0 Å². The van der Waals surface area contributed by atoms with E-state index in [1.165, 1.54) is 19.2 Å². The van der Waals surface area contributed by atoms with Crippen molar-refractivity contribution in [1.82, 2.24) is 14.7 Å². The van der Waals surface area contributed by atoms with Gasteiger partial charge in [0.2, 0.25) is 0 Å². The Morgan fingerprint density at radius 2 is 2.39 bits per heavy atom. The lowest BCUT2D eigenvalue weighted by Gasteiger charge is -2.33. The second kappa shape index (κ2) is 6.00. The zero-order valence-corrected chi connectivity index (χ0v) is 11.1. The molecule has 0 aliphatic carbocycles. The summed E-state index contributed by atoms with van der Waals surface area (Å²) < 4.78 is 6.77. The zero-order valence-electron chi connectivity index (χ0n) is 11.1. The fraction of sp³-hybridized carbons (Fsp3) is 0.692. The van der Waals surface area contributed by atoms with Gasteiger partial charge in [-0.2, -0.15) is 5.10 Å². The quantitative estimate of drug-likeness (QED) is 0.749. The maximum Gasteiger partial charge on any atom is 0.323 e. The van der Waals surface area contributed by atoms with E-state index >= 15 is 0 Å². The third kappa shape index (κ3) is 2.90. The van der Waals surface area contributed by atoms with E-state index < -0.39 is 0 Å². The normalized spacial score (nSPS) is 20.9.